The Morgan fingerprint density at radius 1 is 0.919 bits per heavy atom. The van der Waals surface area contributed by atoms with E-state index < -0.39 is 11.9 Å². The van der Waals surface area contributed by atoms with E-state index in [-0.39, 0.29) is 0 Å². The summed E-state index contributed by atoms with van der Waals surface area (Å²) in [5.41, 5.74) is 5.35. The lowest BCUT2D eigenvalue weighted by Gasteiger charge is -2.29. The molecule has 7 heteroatoms. The maximum absolute atomic E-state index is 9.55. The van der Waals surface area contributed by atoms with Crippen molar-refractivity contribution >= 4 is 23.7 Å². The van der Waals surface area contributed by atoms with Crippen LogP contribution in [0.1, 0.15) is 41.0 Å². The van der Waals surface area contributed by atoms with Crippen molar-refractivity contribution in [2.45, 2.75) is 42.1 Å². The number of rotatable bonds is 9. The van der Waals surface area contributed by atoms with Gasteiger partial charge in [-0.15, -0.1) is 0 Å². The fourth-order valence-electron chi connectivity index (χ4n) is 4.05. The molecular formula is C30H33NO5S. The third kappa shape index (κ3) is 8.81. The fourth-order valence-corrected chi connectivity index (χ4v) is 5.21. The summed E-state index contributed by atoms with van der Waals surface area (Å²) in [6.07, 6.45) is 3.46. The molecule has 0 saturated carbocycles. The molecular weight excluding hydrogens is 486 g/mol. The molecule has 0 aliphatic carbocycles. The molecule has 2 N–H and O–H groups in total. The van der Waals surface area contributed by atoms with Crippen LogP contribution in [-0.2, 0) is 16.2 Å². The standard InChI is InChI=1S/C26H29NOS.C4H4O4/c1-19-10-12-20(13-11-19)18-28-21-14-15-26-24(17-21)22(8-6-16-27(2)3)23-7-4-5-9-25(23)29-26;5-3(6)1-2-4(7)8/h4-5,7,9-15,17,22H,6,8,16,18H2,1-3H3;1-2H,(H,5,6)(H,7,8)/b;2-1+. The lowest BCUT2D eigenvalue weighted by Crippen LogP contribution is -2.15. The number of carboxylic acid groups (broad SMARTS) is 2. The average molecular weight is 520 g/mol. The Balaban J connectivity index is 0.000000414. The maximum atomic E-state index is 9.55. The van der Waals surface area contributed by atoms with Gasteiger partial charge in [0.15, 0.2) is 0 Å². The van der Waals surface area contributed by atoms with Crippen LogP contribution in [-0.4, -0.2) is 47.7 Å². The zero-order valence-corrected chi connectivity index (χ0v) is 22.2. The molecule has 4 rings (SSSR count). The molecule has 0 aromatic heterocycles. The molecule has 0 saturated heterocycles. The van der Waals surface area contributed by atoms with E-state index in [2.05, 4.69) is 92.6 Å². The van der Waals surface area contributed by atoms with Gasteiger partial charge >= 0.3 is 11.9 Å². The summed E-state index contributed by atoms with van der Waals surface area (Å²) in [6.45, 7) is 3.83. The molecule has 0 amide bonds. The summed E-state index contributed by atoms with van der Waals surface area (Å²) in [4.78, 5) is 24.1. The Bertz CT molecular complexity index is 1220. The smallest absolute Gasteiger partial charge is 0.328 e. The van der Waals surface area contributed by atoms with E-state index in [9.17, 15) is 9.59 Å². The van der Waals surface area contributed by atoms with Gasteiger partial charge in [-0.2, -0.15) is 0 Å². The number of carboxylic acids is 2. The zero-order valence-electron chi connectivity index (χ0n) is 21.4. The van der Waals surface area contributed by atoms with E-state index in [1.165, 1.54) is 38.5 Å². The highest BCUT2D eigenvalue weighted by Crippen LogP contribution is 2.48. The highest BCUT2D eigenvalue weighted by Gasteiger charge is 2.26. The Labute approximate surface area is 222 Å². The summed E-state index contributed by atoms with van der Waals surface area (Å²) >= 11 is 1.88. The molecule has 1 aliphatic heterocycles. The van der Waals surface area contributed by atoms with Gasteiger partial charge in [-0.3, -0.25) is 0 Å². The van der Waals surface area contributed by atoms with Crippen LogP contribution in [0.5, 0.6) is 5.75 Å². The van der Waals surface area contributed by atoms with Gasteiger partial charge < -0.3 is 19.8 Å². The van der Waals surface area contributed by atoms with Crippen LogP contribution >= 0.6 is 11.8 Å². The number of carbonyl (C=O) groups is 2. The second-order valence-electron chi connectivity index (χ2n) is 9.12. The van der Waals surface area contributed by atoms with E-state index >= 15 is 0 Å². The van der Waals surface area contributed by atoms with Crippen LogP contribution in [0.3, 0.4) is 0 Å². The lowest BCUT2D eigenvalue weighted by atomic mass is 9.86. The molecule has 1 unspecified atom stereocenters. The number of benzene rings is 3. The molecule has 0 fully saturated rings. The SMILES string of the molecule is Cc1ccc(COc2ccc3c(c2)C(CCCN(C)C)c2ccccc2S3)cc1.O=C(O)/C=C/C(=O)O. The molecule has 0 spiro atoms. The average Bonchev–Trinajstić information content (AvgIpc) is 2.87. The van der Waals surface area contributed by atoms with Crippen LogP contribution in [0.2, 0.25) is 0 Å². The third-order valence-electron chi connectivity index (χ3n) is 5.86. The first-order valence-electron chi connectivity index (χ1n) is 12.1. The van der Waals surface area contributed by atoms with Crippen LogP contribution in [0, 0.1) is 6.92 Å². The first-order valence-corrected chi connectivity index (χ1v) is 12.9. The Hall–Kier alpha value is -3.55. The minimum absolute atomic E-state index is 0.435. The minimum atomic E-state index is -1.26. The predicted molar refractivity (Wildman–Crippen MR) is 147 cm³/mol. The second kappa shape index (κ2) is 13.7. The van der Waals surface area contributed by atoms with Crippen LogP contribution < -0.4 is 4.74 Å². The molecule has 0 bridgehead atoms. The van der Waals surface area contributed by atoms with Crippen molar-refractivity contribution in [1.82, 2.24) is 4.90 Å². The minimum Gasteiger partial charge on any atom is -0.489 e. The van der Waals surface area contributed by atoms with Gasteiger partial charge in [0.2, 0.25) is 0 Å². The molecule has 1 heterocycles. The molecule has 6 nitrogen and oxygen atoms in total. The number of fused-ring (bicyclic) bond motifs is 2. The maximum Gasteiger partial charge on any atom is 0.328 e. The normalized spacial score (nSPS) is 13.9. The predicted octanol–water partition coefficient (Wildman–Crippen LogP) is 6.22. The zero-order chi connectivity index (χ0) is 26.8. The molecule has 37 heavy (non-hydrogen) atoms. The highest BCUT2D eigenvalue weighted by atomic mass is 32.2. The van der Waals surface area contributed by atoms with Crippen molar-refractivity contribution in [2.24, 2.45) is 0 Å². The Kier molecular flexibility index (Phi) is 10.4. The van der Waals surface area contributed by atoms with Crippen LogP contribution in [0.25, 0.3) is 0 Å². The third-order valence-corrected chi connectivity index (χ3v) is 7.05. The lowest BCUT2D eigenvalue weighted by molar-refractivity contribution is -0.134. The molecule has 0 radical (unpaired) electrons. The summed E-state index contributed by atoms with van der Waals surface area (Å²) in [7, 11) is 4.30. The van der Waals surface area contributed by atoms with Crippen molar-refractivity contribution in [3.63, 3.8) is 0 Å². The van der Waals surface area contributed by atoms with Crippen LogP contribution in [0.4, 0.5) is 0 Å². The number of aryl methyl sites for hydroxylation is 1. The van der Waals surface area contributed by atoms with Gasteiger partial charge in [-0.05, 0) is 81.4 Å². The first kappa shape index (κ1) is 28.0. The second-order valence-corrected chi connectivity index (χ2v) is 10.2. The summed E-state index contributed by atoms with van der Waals surface area (Å²) < 4.78 is 6.16. The molecule has 3 aromatic carbocycles. The van der Waals surface area contributed by atoms with Gasteiger partial charge in [-0.25, -0.2) is 9.59 Å². The summed E-state index contributed by atoms with van der Waals surface area (Å²) in [5, 5.41) is 15.6. The van der Waals surface area contributed by atoms with Crippen molar-refractivity contribution in [1.29, 1.82) is 0 Å². The molecule has 1 atom stereocenters. The Morgan fingerprint density at radius 2 is 1.57 bits per heavy atom. The number of aliphatic carboxylic acids is 2. The molecule has 3 aromatic rings. The molecule has 1 aliphatic rings. The number of ether oxygens (including phenoxy) is 1. The van der Waals surface area contributed by atoms with Crippen molar-refractivity contribution in [3.8, 4) is 5.75 Å². The van der Waals surface area contributed by atoms with Gasteiger partial charge in [-0.1, -0.05) is 59.8 Å². The Morgan fingerprint density at radius 3 is 2.22 bits per heavy atom. The van der Waals surface area contributed by atoms with Gasteiger partial charge in [0, 0.05) is 27.9 Å². The van der Waals surface area contributed by atoms with Gasteiger partial charge in [0.1, 0.15) is 12.4 Å². The largest absolute Gasteiger partial charge is 0.489 e. The first-order chi connectivity index (χ1) is 17.7. The molecule has 194 valence electrons. The topological polar surface area (TPSA) is 87.1 Å². The van der Waals surface area contributed by atoms with Crippen molar-refractivity contribution in [3.05, 3.63) is 101 Å². The summed E-state index contributed by atoms with van der Waals surface area (Å²) in [5.74, 6) is -1.12. The summed E-state index contributed by atoms with van der Waals surface area (Å²) in [6, 6.07) is 24.0. The van der Waals surface area contributed by atoms with Gasteiger partial charge in [0.05, 0.1) is 0 Å². The van der Waals surface area contributed by atoms with E-state index in [1.807, 2.05) is 11.8 Å². The van der Waals surface area contributed by atoms with Crippen molar-refractivity contribution < 1.29 is 24.5 Å². The van der Waals surface area contributed by atoms with E-state index in [0.717, 1.165) is 18.7 Å². The quantitative estimate of drug-likeness (QED) is 0.324. The van der Waals surface area contributed by atoms with Gasteiger partial charge in [0.25, 0.3) is 0 Å². The number of hydrogen-bond acceptors (Lipinski definition) is 5. The fraction of sp³-hybridized carbons (Fsp3) is 0.267. The number of nitrogens with zero attached hydrogens (tertiary/aromatic N) is 1. The highest BCUT2D eigenvalue weighted by molar-refractivity contribution is 7.99. The number of hydrogen-bond donors (Lipinski definition) is 2. The van der Waals surface area contributed by atoms with Crippen molar-refractivity contribution in [2.75, 3.05) is 20.6 Å². The van der Waals surface area contributed by atoms with Crippen LogP contribution in [0.15, 0.2) is 88.7 Å². The van der Waals surface area contributed by atoms with E-state index in [0.29, 0.717) is 24.7 Å². The monoisotopic (exact) mass is 519 g/mol. The van der Waals surface area contributed by atoms with E-state index in [1.54, 1.807) is 0 Å². The van der Waals surface area contributed by atoms with E-state index in [4.69, 9.17) is 14.9 Å².